The van der Waals surface area contributed by atoms with Crippen LogP contribution in [0.1, 0.15) is 46.5 Å². The summed E-state index contributed by atoms with van der Waals surface area (Å²) in [6, 6.07) is -0.0734. The van der Waals surface area contributed by atoms with E-state index in [1.54, 1.807) is 6.92 Å². The maximum absolute atomic E-state index is 12.0. The molecule has 0 atom stereocenters. The van der Waals surface area contributed by atoms with Gasteiger partial charge < -0.3 is 19.9 Å². The molecule has 1 amide bonds. The lowest BCUT2D eigenvalue weighted by atomic mass is 9.80. The predicted molar refractivity (Wildman–Crippen MR) is 75.9 cm³/mol. The fourth-order valence-electron chi connectivity index (χ4n) is 3.02. The molecule has 0 aromatic carbocycles. The molecule has 1 heterocycles. The molecule has 0 unspecified atom stereocenters. The smallest absolute Gasteiger partial charge is 0.404 e. The zero-order chi connectivity index (χ0) is 16.5. The van der Waals surface area contributed by atoms with Gasteiger partial charge in [-0.15, -0.1) is 0 Å². The molecule has 0 radical (unpaired) electrons. The van der Waals surface area contributed by atoms with E-state index in [1.165, 1.54) is 13.8 Å². The third-order valence-corrected chi connectivity index (χ3v) is 4.15. The Labute approximate surface area is 128 Å². The van der Waals surface area contributed by atoms with E-state index in [2.05, 4.69) is 5.32 Å². The Hall–Kier alpha value is -2.05. The van der Waals surface area contributed by atoms with Gasteiger partial charge in [-0.05, 0) is 44.1 Å². The predicted octanol–water partition coefficient (Wildman–Crippen LogP) is 1.97. The van der Waals surface area contributed by atoms with Crippen molar-refractivity contribution in [1.29, 1.82) is 0 Å². The largest absolute Gasteiger partial charge is 0.465 e. The molecular formula is C15H21NO6. The Morgan fingerprint density at radius 3 is 2.09 bits per heavy atom. The van der Waals surface area contributed by atoms with E-state index in [0.29, 0.717) is 31.3 Å². The average molecular weight is 311 g/mol. The number of rotatable bonds is 2. The number of amides is 1. The van der Waals surface area contributed by atoms with Gasteiger partial charge in [0.2, 0.25) is 0 Å². The number of carbonyl (C=O) groups excluding carboxylic acids is 2. The summed E-state index contributed by atoms with van der Waals surface area (Å²) in [7, 11) is 0. The van der Waals surface area contributed by atoms with Crippen molar-refractivity contribution in [2.75, 3.05) is 0 Å². The number of hydrogen-bond acceptors (Lipinski definition) is 5. The van der Waals surface area contributed by atoms with Crippen LogP contribution >= 0.6 is 0 Å². The molecule has 2 rings (SSSR count). The molecule has 2 fully saturated rings. The van der Waals surface area contributed by atoms with Gasteiger partial charge in [-0.3, -0.25) is 0 Å². The Kier molecular flexibility index (Phi) is 4.44. The molecule has 2 aliphatic rings. The maximum atomic E-state index is 12.0. The minimum Gasteiger partial charge on any atom is -0.465 e. The lowest BCUT2D eigenvalue weighted by Crippen LogP contribution is -2.43. The summed E-state index contributed by atoms with van der Waals surface area (Å²) in [6.07, 6.45) is 1.75. The SMILES string of the molecule is CC(=C1C(=O)OC(C)(C)OC1=O)[C@H]1CC[C@H](NC(=O)O)CC1. The lowest BCUT2D eigenvalue weighted by Gasteiger charge is -2.33. The minimum atomic E-state index is -1.24. The van der Waals surface area contributed by atoms with Crippen LogP contribution in [0.5, 0.6) is 0 Å². The summed E-state index contributed by atoms with van der Waals surface area (Å²) < 4.78 is 10.2. The van der Waals surface area contributed by atoms with E-state index in [9.17, 15) is 14.4 Å². The Morgan fingerprint density at radius 2 is 1.64 bits per heavy atom. The summed E-state index contributed by atoms with van der Waals surface area (Å²) in [6.45, 7) is 4.77. The molecular weight excluding hydrogens is 290 g/mol. The second kappa shape index (κ2) is 5.98. The van der Waals surface area contributed by atoms with Crippen LogP contribution in [0.3, 0.4) is 0 Å². The Bertz CT molecular complexity index is 506. The molecule has 0 spiro atoms. The summed E-state index contributed by atoms with van der Waals surface area (Å²) in [4.78, 5) is 34.7. The summed E-state index contributed by atoms with van der Waals surface area (Å²) >= 11 is 0. The number of nitrogens with one attached hydrogen (secondary N) is 1. The van der Waals surface area contributed by atoms with Gasteiger partial charge in [-0.2, -0.15) is 0 Å². The molecule has 0 aromatic rings. The van der Waals surface area contributed by atoms with Gasteiger partial charge in [0, 0.05) is 19.9 Å². The van der Waals surface area contributed by atoms with E-state index in [0.717, 1.165) is 0 Å². The van der Waals surface area contributed by atoms with Gasteiger partial charge in [0.1, 0.15) is 5.57 Å². The maximum Gasteiger partial charge on any atom is 0.404 e. The number of ether oxygens (including phenoxy) is 2. The second-order valence-electron chi connectivity index (χ2n) is 6.23. The van der Waals surface area contributed by atoms with Gasteiger partial charge >= 0.3 is 18.0 Å². The first-order valence-electron chi connectivity index (χ1n) is 7.36. The third kappa shape index (κ3) is 3.58. The van der Waals surface area contributed by atoms with E-state index in [-0.39, 0.29) is 17.5 Å². The van der Waals surface area contributed by atoms with E-state index < -0.39 is 23.8 Å². The standard InChI is InChI=1S/C15H21NO6/c1-8(9-4-6-10(7-5-9)16-14(19)20)11-12(17)21-15(2,3)22-13(11)18/h9-10,16H,4-7H2,1-3H3,(H,19,20)/t9-,10-. The van der Waals surface area contributed by atoms with Gasteiger partial charge in [0.25, 0.3) is 5.79 Å². The first-order chi connectivity index (χ1) is 10.2. The number of carboxylic acid groups (broad SMARTS) is 1. The summed E-state index contributed by atoms with van der Waals surface area (Å²) in [5.74, 6) is -2.47. The van der Waals surface area contributed by atoms with Crippen LogP contribution in [0.4, 0.5) is 4.79 Å². The number of cyclic esters (lactones) is 2. The van der Waals surface area contributed by atoms with Crippen LogP contribution in [-0.4, -0.2) is 35.0 Å². The van der Waals surface area contributed by atoms with Crippen molar-refractivity contribution in [3.05, 3.63) is 11.1 Å². The lowest BCUT2D eigenvalue weighted by molar-refractivity contribution is -0.222. The second-order valence-corrected chi connectivity index (χ2v) is 6.23. The van der Waals surface area contributed by atoms with Crippen molar-refractivity contribution in [2.24, 2.45) is 5.92 Å². The molecule has 1 saturated heterocycles. The number of esters is 2. The molecule has 0 bridgehead atoms. The van der Waals surface area contributed by atoms with E-state index in [1.807, 2.05) is 0 Å². The molecule has 2 N–H and O–H groups in total. The zero-order valence-corrected chi connectivity index (χ0v) is 13.0. The molecule has 7 nitrogen and oxygen atoms in total. The van der Waals surface area contributed by atoms with Crippen LogP contribution in [0, 0.1) is 5.92 Å². The van der Waals surface area contributed by atoms with Crippen LogP contribution in [0.2, 0.25) is 0 Å². The number of allylic oxidation sites excluding steroid dienone is 1. The minimum absolute atomic E-state index is 0.0195. The fraction of sp³-hybridized carbons (Fsp3) is 0.667. The molecule has 1 aliphatic heterocycles. The van der Waals surface area contributed by atoms with Crippen molar-refractivity contribution < 1.29 is 29.0 Å². The van der Waals surface area contributed by atoms with Crippen molar-refractivity contribution in [1.82, 2.24) is 5.32 Å². The monoisotopic (exact) mass is 311 g/mol. The molecule has 7 heteroatoms. The van der Waals surface area contributed by atoms with Crippen LogP contribution in [0.25, 0.3) is 0 Å². The number of hydrogen-bond donors (Lipinski definition) is 2. The third-order valence-electron chi connectivity index (χ3n) is 4.15. The highest BCUT2D eigenvalue weighted by Crippen LogP contribution is 2.34. The van der Waals surface area contributed by atoms with E-state index >= 15 is 0 Å². The van der Waals surface area contributed by atoms with Gasteiger partial charge in [-0.25, -0.2) is 14.4 Å². The fourth-order valence-corrected chi connectivity index (χ4v) is 3.02. The molecule has 0 aromatic heterocycles. The highest BCUT2D eigenvalue weighted by Gasteiger charge is 2.41. The first-order valence-corrected chi connectivity index (χ1v) is 7.36. The van der Waals surface area contributed by atoms with Gasteiger partial charge in [-0.1, -0.05) is 0 Å². The van der Waals surface area contributed by atoms with Gasteiger partial charge in [0.15, 0.2) is 0 Å². The van der Waals surface area contributed by atoms with Gasteiger partial charge in [0.05, 0.1) is 0 Å². The quantitative estimate of drug-likeness (QED) is 0.459. The molecule has 22 heavy (non-hydrogen) atoms. The van der Waals surface area contributed by atoms with Crippen molar-refractivity contribution in [3.8, 4) is 0 Å². The van der Waals surface area contributed by atoms with E-state index in [4.69, 9.17) is 14.6 Å². The normalized spacial score (nSPS) is 27.7. The molecule has 1 aliphatic carbocycles. The first kappa shape index (κ1) is 16.3. The highest BCUT2D eigenvalue weighted by atomic mass is 16.7. The van der Waals surface area contributed by atoms with Crippen LogP contribution < -0.4 is 5.32 Å². The highest BCUT2D eigenvalue weighted by molar-refractivity contribution is 6.16. The summed E-state index contributed by atoms with van der Waals surface area (Å²) in [5.41, 5.74) is 0.647. The average Bonchev–Trinajstić information content (AvgIpc) is 2.36. The zero-order valence-electron chi connectivity index (χ0n) is 13.0. The molecule has 122 valence electrons. The molecule has 1 saturated carbocycles. The topological polar surface area (TPSA) is 102 Å². The van der Waals surface area contributed by atoms with Crippen molar-refractivity contribution in [3.63, 3.8) is 0 Å². The Morgan fingerprint density at radius 1 is 1.14 bits per heavy atom. The summed E-state index contributed by atoms with van der Waals surface area (Å²) in [5, 5.41) is 11.2. The van der Waals surface area contributed by atoms with Crippen molar-refractivity contribution >= 4 is 18.0 Å². The Balaban J connectivity index is 2.08. The van der Waals surface area contributed by atoms with Crippen LogP contribution in [0.15, 0.2) is 11.1 Å². The van der Waals surface area contributed by atoms with Crippen LogP contribution in [-0.2, 0) is 19.1 Å². The number of carbonyl (C=O) groups is 3. The van der Waals surface area contributed by atoms with Crippen molar-refractivity contribution in [2.45, 2.75) is 58.3 Å².